The summed E-state index contributed by atoms with van der Waals surface area (Å²) in [5.41, 5.74) is 2.69. The lowest BCUT2D eigenvalue weighted by Gasteiger charge is -2.34. The third-order valence-corrected chi connectivity index (χ3v) is 5.77. The Kier molecular flexibility index (Phi) is 6.36. The zero-order valence-electron chi connectivity index (χ0n) is 18.0. The average molecular weight is 438 g/mol. The molecular formula is C23H26N4O5. The summed E-state index contributed by atoms with van der Waals surface area (Å²) in [5, 5.41) is 0.573. The minimum Gasteiger partial charge on any atom is -0.311 e. The fourth-order valence-corrected chi connectivity index (χ4v) is 3.96. The molecule has 3 aliphatic heterocycles. The highest BCUT2D eigenvalue weighted by atomic mass is 16.7. The summed E-state index contributed by atoms with van der Waals surface area (Å²) in [7, 11) is 0. The van der Waals surface area contributed by atoms with Crippen LogP contribution in [0, 0.1) is 6.92 Å². The summed E-state index contributed by atoms with van der Waals surface area (Å²) in [4.78, 5) is 59.0. The van der Waals surface area contributed by atoms with E-state index in [0.717, 1.165) is 11.1 Å². The van der Waals surface area contributed by atoms with Crippen molar-refractivity contribution in [2.24, 2.45) is 0 Å². The van der Waals surface area contributed by atoms with E-state index in [-0.39, 0.29) is 18.7 Å². The van der Waals surface area contributed by atoms with Gasteiger partial charge in [0.1, 0.15) is 0 Å². The van der Waals surface area contributed by atoms with Gasteiger partial charge in [0.25, 0.3) is 17.7 Å². The molecule has 0 radical (unpaired) electrons. The largest absolute Gasteiger partial charge is 0.434 e. The molecule has 32 heavy (non-hydrogen) atoms. The molecule has 0 saturated carbocycles. The smallest absolute Gasteiger partial charge is 0.311 e. The van der Waals surface area contributed by atoms with Crippen LogP contribution in [0.3, 0.4) is 0 Å². The van der Waals surface area contributed by atoms with Crippen LogP contribution in [0.1, 0.15) is 34.3 Å². The molecule has 9 nitrogen and oxygen atoms in total. The monoisotopic (exact) mass is 438 g/mol. The van der Waals surface area contributed by atoms with Gasteiger partial charge in [-0.1, -0.05) is 29.8 Å². The van der Waals surface area contributed by atoms with Crippen molar-refractivity contribution in [3.63, 3.8) is 0 Å². The fourth-order valence-electron chi connectivity index (χ4n) is 3.96. The predicted octanol–water partition coefficient (Wildman–Crippen LogP) is 1.84. The molecule has 0 unspecified atom stereocenters. The van der Waals surface area contributed by atoms with E-state index in [9.17, 15) is 19.2 Å². The molecule has 0 N–H and O–H groups in total. The van der Waals surface area contributed by atoms with Gasteiger partial charge in [0.15, 0.2) is 0 Å². The fraction of sp³-hybridized carbons (Fsp3) is 0.391. The van der Waals surface area contributed by atoms with Crippen LogP contribution in [0.25, 0.3) is 0 Å². The first-order valence-corrected chi connectivity index (χ1v) is 10.7. The number of amides is 4. The van der Waals surface area contributed by atoms with Crippen molar-refractivity contribution in [2.45, 2.75) is 26.3 Å². The molecule has 9 heteroatoms. The second-order valence-corrected chi connectivity index (χ2v) is 8.09. The molecule has 3 heterocycles. The maximum Gasteiger partial charge on any atom is 0.434 e. The van der Waals surface area contributed by atoms with Crippen LogP contribution in [0.5, 0.6) is 0 Å². The Morgan fingerprint density at radius 2 is 1.72 bits per heavy atom. The van der Waals surface area contributed by atoms with E-state index in [4.69, 9.17) is 4.84 Å². The average Bonchev–Trinajstić information content (AvgIpc) is 3.12. The molecule has 1 aromatic carbocycles. The molecule has 168 valence electrons. The van der Waals surface area contributed by atoms with Gasteiger partial charge in [-0.3, -0.25) is 19.3 Å². The van der Waals surface area contributed by atoms with Gasteiger partial charge < -0.3 is 14.6 Å². The Morgan fingerprint density at radius 1 is 1.00 bits per heavy atom. The zero-order valence-corrected chi connectivity index (χ0v) is 18.0. The molecule has 0 bridgehead atoms. The minimum atomic E-state index is -0.690. The van der Waals surface area contributed by atoms with Crippen molar-refractivity contribution < 1.29 is 24.0 Å². The first-order valence-electron chi connectivity index (χ1n) is 10.7. The summed E-state index contributed by atoms with van der Waals surface area (Å²) in [6.07, 6.45) is 6.93. The van der Waals surface area contributed by atoms with Crippen LogP contribution in [-0.4, -0.2) is 76.3 Å². The molecule has 1 aromatic rings. The number of carbonyl (C=O) groups excluding carboxylic acids is 4. The Labute approximate surface area is 186 Å². The van der Waals surface area contributed by atoms with Gasteiger partial charge in [0, 0.05) is 63.9 Å². The second kappa shape index (κ2) is 9.35. The van der Waals surface area contributed by atoms with Crippen LogP contribution in [0.4, 0.5) is 4.79 Å². The molecule has 0 aliphatic carbocycles. The Bertz CT molecular complexity index is 978. The summed E-state index contributed by atoms with van der Waals surface area (Å²) in [5.74, 6) is -1.02. The van der Waals surface area contributed by atoms with Crippen molar-refractivity contribution in [3.05, 3.63) is 59.3 Å². The number of hydroxylamine groups is 2. The number of benzene rings is 1. The summed E-state index contributed by atoms with van der Waals surface area (Å²) in [6, 6.07) is 5.84. The third-order valence-electron chi connectivity index (χ3n) is 5.77. The molecule has 2 fully saturated rings. The number of aryl methyl sites for hydroxylation is 1. The van der Waals surface area contributed by atoms with E-state index >= 15 is 0 Å². The van der Waals surface area contributed by atoms with Gasteiger partial charge in [0.05, 0.1) is 0 Å². The number of hydrogen-bond donors (Lipinski definition) is 0. The quantitative estimate of drug-likeness (QED) is 0.667. The van der Waals surface area contributed by atoms with E-state index < -0.39 is 17.9 Å². The first kappa shape index (κ1) is 21.8. The second-order valence-electron chi connectivity index (χ2n) is 8.09. The topological polar surface area (TPSA) is 90.5 Å². The van der Waals surface area contributed by atoms with Crippen LogP contribution in [0.2, 0.25) is 0 Å². The number of allylic oxidation sites excluding steroid dienone is 2. The van der Waals surface area contributed by atoms with Crippen molar-refractivity contribution in [1.82, 2.24) is 19.8 Å². The van der Waals surface area contributed by atoms with E-state index in [2.05, 4.69) is 4.90 Å². The van der Waals surface area contributed by atoms with Crippen molar-refractivity contribution >= 4 is 23.8 Å². The lowest BCUT2D eigenvalue weighted by atomic mass is 10.0. The highest BCUT2D eigenvalue weighted by Crippen LogP contribution is 2.19. The molecule has 0 spiro atoms. The van der Waals surface area contributed by atoms with E-state index in [1.807, 2.05) is 43.4 Å². The van der Waals surface area contributed by atoms with Gasteiger partial charge in [-0.15, -0.1) is 5.06 Å². The highest BCUT2D eigenvalue weighted by molar-refractivity contribution is 6.01. The predicted molar refractivity (Wildman–Crippen MR) is 115 cm³/mol. The lowest BCUT2D eigenvalue weighted by molar-refractivity contribution is -0.174. The van der Waals surface area contributed by atoms with Crippen molar-refractivity contribution in [1.29, 1.82) is 0 Å². The standard InChI is InChI=1S/C23H26N4O5/c1-17-5-6-19(22(30)25-9-3-2-4-10-25)18(15-17)16-24-11-13-26(14-12-24)23(31)32-27-20(28)7-8-21(27)29/h2-6,9,15H,7-8,10-14,16H2,1H3. The molecule has 3 aliphatic rings. The van der Waals surface area contributed by atoms with Gasteiger partial charge in [0.2, 0.25) is 0 Å². The maximum atomic E-state index is 13.0. The van der Waals surface area contributed by atoms with Gasteiger partial charge in [-0.2, -0.15) is 0 Å². The third kappa shape index (κ3) is 4.72. The lowest BCUT2D eigenvalue weighted by Crippen LogP contribution is -2.50. The SMILES string of the molecule is Cc1ccc(C(=O)N2C=CC=CC2)c(CN2CCN(C(=O)ON3C(=O)CCC3=O)CC2)c1. The van der Waals surface area contributed by atoms with E-state index in [0.29, 0.717) is 49.9 Å². The Hall–Kier alpha value is -3.46. The van der Waals surface area contributed by atoms with Crippen molar-refractivity contribution in [3.8, 4) is 0 Å². The molecule has 0 aromatic heterocycles. The number of piperazine rings is 1. The number of rotatable bonds is 4. The van der Waals surface area contributed by atoms with Crippen LogP contribution in [-0.2, 0) is 21.0 Å². The van der Waals surface area contributed by atoms with Crippen LogP contribution in [0.15, 0.2) is 42.6 Å². The summed E-state index contributed by atoms with van der Waals surface area (Å²) < 4.78 is 0. The van der Waals surface area contributed by atoms with Crippen molar-refractivity contribution in [2.75, 3.05) is 32.7 Å². The molecule has 4 amide bonds. The number of hydrogen-bond acceptors (Lipinski definition) is 6. The summed E-state index contributed by atoms with van der Waals surface area (Å²) >= 11 is 0. The minimum absolute atomic E-state index is 0.0391. The highest BCUT2D eigenvalue weighted by Gasteiger charge is 2.35. The zero-order chi connectivity index (χ0) is 22.7. The number of nitrogens with zero attached hydrogens (tertiary/aromatic N) is 4. The van der Waals surface area contributed by atoms with Gasteiger partial charge >= 0.3 is 6.09 Å². The van der Waals surface area contributed by atoms with Gasteiger partial charge in [-0.05, 0) is 24.6 Å². The number of imide groups is 1. The van der Waals surface area contributed by atoms with Crippen LogP contribution >= 0.6 is 0 Å². The summed E-state index contributed by atoms with van der Waals surface area (Å²) in [6.45, 7) is 5.12. The first-order chi connectivity index (χ1) is 15.4. The molecular weight excluding hydrogens is 412 g/mol. The van der Waals surface area contributed by atoms with E-state index in [1.165, 1.54) is 4.90 Å². The number of carbonyl (C=O) groups is 4. The molecule has 4 rings (SSSR count). The van der Waals surface area contributed by atoms with E-state index in [1.54, 1.807) is 11.1 Å². The molecule has 2 saturated heterocycles. The maximum absolute atomic E-state index is 13.0. The normalized spacial score (nSPS) is 19.1. The van der Waals surface area contributed by atoms with Crippen LogP contribution < -0.4 is 0 Å². The Morgan fingerprint density at radius 3 is 2.38 bits per heavy atom. The molecule has 0 atom stereocenters. The Balaban J connectivity index is 1.36. The van der Waals surface area contributed by atoms with Gasteiger partial charge in [-0.25, -0.2) is 4.79 Å².